The van der Waals surface area contributed by atoms with Gasteiger partial charge in [-0.3, -0.25) is 0 Å². The van der Waals surface area contributed by atoms with Crippen LogP contribution in [0, 0.1) is 6.92 Å². The first-order chi connectivity index (χ1) is 7.89. The van der Waals surface area contributed by atoms with Gasteiger partial charge in [-0.1, -0.05) is 25.1 Å². The second-order valence-electron chi connectivity index (χ2n) is 4.62. The van der Waals surface area contributed by atoms with Gasteiger partial charge < -0.3 is 5.11 Å². The molecule has 1 aromatic rings. The van der Waals surface area contributed by atoms with Crippen molar-refractivity contribution in [1.29, 1.82) is 0 Å². The Balaban J connectivity index is 2.26. The highest BCUT2D eigenvalue weighted by Gasteiger charge is 2.46. The number of nitrogens with zero attached hydrogens (tertiary/aromatic N) is 1. The van der Waals surface area contributed by atoms with E-state index in [-0.39, 0.29) is 13.1 Å². The minimum Gasteiger partial charge on any atom is -0.387 e. The van der Waals surface area contributed by atoms with Gasteiger partial charge in [-0.15, -0.1) is 0 Å². The van der Waals surface area contributed by atoms with Gasteiger partial charge in [-0.2, -0.15) is 4.31 Å². The molecule has 1 aliphatic rings. The lowest BCUT2D eigenvalue weighted by Gasteiger charge is -2.45. The lowest BCUT2D eigenvalue weighted by atomic mass is 9.94. The molecular weight excluding hydrogens is 238 g/mol. The van der Waals surface area contributed by atoms with Crippen LogP contribution in [0.15, 0.2) is 29.2 Å². The van der Waals surface area contributed by atoms with Crippen LogP contribution >= 0.6 is 0 Å². The van der Waals surface area contributed by atoms with E-state index >= 15 is 0 Å². The Morgan fingerprint density at radius 1 is 1.35 bits per heavy atom. The van der Waals surface area contributed by atoms with Gasteiger partial charge in [0.25, 0.3) is 0 Å². The summed E-state index contributed by atoms with van der Waals surface area (Å²) in [5.41, 5.74) is -0.102. The van der Waals surface area contributed by atoms with E-state index in [0.29, 0.717) is 11.3 Å². The van der Waals surface area contributed by atoms with E-state index in [4.69, 9.17) is 0 Å². The summed E-state index contributed by atoms with van der Waals surface area (Å²) < 4.78 is 25.8. The second kappa shape index (κ2) is 4.08. The van der Waals surface area contributed by atoms with Gasteiger partial charge in [0.05, 0.1) is 10.5 Å². The fourth-order valence-corrected chi connectivity index (χ4v) is 3.81. The zero-order valence-electron chi connectivity index (χ0n) is 10.0. The molecule has 0 saturated carbocycles. The summed E-state index contributed by atoms with van der Waals surface area (Å²) >= 11 is 0. The van der Waals surface area contributed by atoms with Crippen molar-refractivity contribution in [1.82, 2.24) is 4.31 Å². The van der Waals surface area contributed by atoms with Gasteiger partial charge in [0.1, 0.15) is 0 Å². The maximum Gasteiger partial charge on any atom is 0.243 e. The number of aliphatic hydroxyl groups is 1. The van der Waals surface area contributed by atoms with Gasteiger partial charge in [-0.25, -0.2) is 8.42 Å². The molecule has 1 aromatic carbocycles. The summed E-state index contributed by atoms with van der Waals surface area (Å²) in [6.07, 6.45) is 0.576. The van der Waals surface area contributed by atoms with Crippen LogP contribution in [0.2, 0.25) is 0 Å². The minimum atomic E-state index is -3.44. The molecule has 0 aromatic heterocycles. The van der Waals surface area contributed by atoms with E-state index in [1.165, 1.54) is 4.31 Å². The third kappa shape index (κ3) is 2.10. The standard InChI is InChI=1S/C12H17NO3S/c1-3-12(14)8-13(9-12)17(15,16)11-7-5-4-6-10(11)2/h4-7,14H,3,8-9H2,1-2H3. The summed E-state index contributed by atoms with van der Waals surface area (Å²) in [4.78, 5) is 0.332. The van der Waals surface area contributed by atoms with Crippen LogP contribution in [0.1, 0.15) is 18.9 Å². The van der Waals surface area contributed by atoms with Crippen LogP contribution in [-0.2, 0) is 10.0 Å². The maximum absolute atomic E-state index is 12.3. The summed E-state index contributed by atoms with van der Waals surface area (Å²) in [5.74, 6) is 0. The Morgan fingerprint density at radius 3 is 2.47 bits per heavy atom. The Bertz CT molecular complexity index is 518. The fraction of sp³-hybridized carbons (Fsp3) is 0.500. The van der Waals surface area contributed by atoms with Crippen molar-refractivity contribution in [3.8, 4) is 0 Å². The molecule has 1 fully saturated rings. The molecule has 1 heterocycles. The molecule has 0 radical (unpaired) electrons. The van der Waals surface area contributed by atoms with E-state index in [2.05, 4.69) is 0 Å². The van der Waals surface area contributed by atoms with Crippen LogP contribution in [-0.4, -0.2) is 36.5 Å². The highest BCUT2D eigenvalue weighted by atomic mass is 32.2. The van der Waals surface area contributed by atoms with Crippen molar-refractivity contribution in [2.24, 2.45) is 0 Å². The molecule has 0 amide bonds. The topological polar surface area (TPSA) is 57.6 Å². The van der Waals surface area contributed by atoms with E-state index < -0.39 is 15.6 Å². The molecule has 0 bridgehead atoms. The van der Waals surface area contributed by atoms with Crippen molar-refractivity contribution in [2.45, 2.75) is 30.8 Å². The number of sulfonamides is 1. The molecular formula is C12H17NO3S. The molecule has 1 aliphatic heterocycles. The Labute approximate surface area is 102 Å². The SMILES string of the molecule is CCC1(O)CN(S(=O)(=O)c2ccccc2C)C1. The average molecular weight is 255 g/mol. The maximum atomic E-state index is 12.3. The Kier molecular flexibility index (Phi) is 3.01. The number of aryl methyl sites for hydroxylation is 1. The van der Waals surface area contributed by atoms with Crippen LogP contribution < -0.4 is 0 Å². The fourth-order valence-electron chi connectivity index (χ4n) is 1.99. The highest BCUT2D eigenvalue weighted by Crippen LogP contribution is 2.31. The molecule has 0 atom stereocenters. The third-order valence-electron chi connectivity index (χ3n) is 3.31. The predicted molar refractivity (Wildman–Crippen MR) is 65.2 cm³/mol. The molecule has 1 N–H and O–H groups in total. The Hall–Kier alpha value is -0.910. The van der Waals surface area contributed by atoms with Crippen LogP contribution in [0.25, 0.3) is 0 Å². The van der Waals surface area contributed by atoms with Crippen LogP contribution in [0.3, 0.4) is 0 Å². The number of rotatable bonds is 3. The van der Waals surface area contributed by atoms with Crippen molar-refractivity contribution in [3.63, 3.8) is 0 Å². The quantitative estimate of drug-likeness (QED) is 0.881. The summed E-state index contributed by atoms with van der Waals surface area (Å²) in [5, 5.41) is 9.86. The third-order valence-corrected chi connectivity index (χ3v) is 5.26. The molecule has 1 saturated heterocycles. The van der Waals surface area contributed by atoms with Crippen molar-refractivity contribution in [3.05, 3.63) is 29.8 Å². The van der Waals surface area contributed by atoms with Gasteiger partial charge in [0.15, 0.2) is 0 Å². The molecule has 0 unspecified atom stereocenters. The summed E-state index contributed by atoms with van der Waals surface area (Å²) in [7, 11) is -3.44. The summed E-state index contributed by atoms with van der Waals surface area (Å²) in [6.45, 7) is 4.02. The molecule has 0 spiro atoms. The van der Waals surface area contributed by atoms with E-state index in [9.17, 15) is 13.5 Å². The van der Waals surface area contributed by atoms with Crippen molar-refractivity contribution < 1.29 is 13.5 Å². The molecule has 0 aliphatic carbocycles. The van der Waals surface area contributed by atoms with Gasteiger partial charge in [0.2, 0.25) is 10.0 Å². The first kappa shape index (κ1) is 12.5. The minimum absolute atomic E-state index is 0.195. The second-order valence-corrected chi connectivity index (χ2v) is 6.52. The normalized spacial score (nSPS) is 19.9. The van der Waals surface area contributed by atoms with Gasteiger partial charge in [-0.05, 0) is 25.0 Å². The zero-order valence-corrected chi connectivity index (χ0v) is 10.9. The lowest BCUT2D eigenvalue weighted by molar-refractivity contribution is -0.0613. The van der Waals surface area contributed by atoms with E-state index in [0.717, 1.165) is 5.56 Å². The van der Waals surface area contributed by atoms with Crippen LogP contribution in [0.5, 0.6) is 0 Å². The Morgan fingerprint density at radius 2 is 1.94 bits per heavy atom. The van der Waals surface area contributed by atoms with E-state index in [1.54, 1.807) is 25.1 Å². The summed E-state index contributed by atoms with van der Waals surface area (Å²) in [6, 6.07) is 6.91. The number of hydrogen-bond donors (Lipinski definition) is 1. The first-order valence-electron chi connectivity index (χ1n) is 5.67. The average Bonchev–Trinajstić information content (AvgIpc) is 2.25. The molecule has 5 heteroatoms. The van der Waals surface area contributed by atoms with Gasteiger partial charge in [0, 0.05) is 13.1 Å². The van der Waals surface area contributed by atoms with Crippen molar-refractivity contribution >= 4 is 10.0 Å². The smallest absolute Gasteiger partial charge is 0.243 e. The van der Waals surface area contributed by atoms with Crippen molar-refractivity contribution in [2.75, 3.05) is 13.1 Å². The number of β-amino-alcohol motifs (C(OH)–C–C–N with tert-alkyl or cyclic N) is 1. The molecule has 2 rings (SSSR count). The highest BCUT2D eigenvalue weighted by molar-refractivity contribution is 7.89. The van der Waals surface area contributed by atoms with Crippen LogP contribution in [0.4, 0.5) is 0 Å². The number of hydrogen-bond acceptors (Lipinski definition) is 3. The number of benzene rings is 1. The largest absolute Gasteiger partial charge is 0.387 e. The van der Waals surface area contributed by atoms with Gasteiger partial charge >= 0.3 is 0 Å². The monoisotopic (exact) mass is 255 g/mol. The zero-order chi connectivity index (χ0) is 12.7. The molecule has 94 valence electrons. The first-order valence-corrected chi connectivity index (χ1v) is 7.11. The lowest BCUT2D eigenvalue weighted by Crippen LogP contribution is -2.62. The predicted octanol–water partition coefficient (Wildman–Crippen LogP) is 1.14. The molecule has 4 nitrogen and oxygen atoms in total. The molecule has 17 heavy (non-hydrogen) atoms. The van der Waals surface area contributed by atoms with E-state index in [1.807, 2.05) is 13.0 Å².